The molecule has 0 aliphatic carbocycles. The minimum absolute atomic E-state index is 0.0952. The largest absolute Gasteiger partial charge is 0.508 e. The summed E-state index contributed by atoms with van der Waals surface area (Å²) >= 11 is 0. The Balaban J connectivity index is 2.25. The molecule has 2 rings (SSSR count). The lowest BCUT2D eigenvalue weighted by Crippen LogP contribution is -2.31. The lowest BCUT2D eigenvalue weighted by atomic mass is 10.2. The third kappa shape index (κ3) is 7.75. The Morgan fingerprint density at radius 2 is 2.12 bits per heavy atom. The first-order chi connectivity index (χ1) is 16.2. The number of carbonyl (C=O) groups excluding carboxylic acids is 1. The Kier molecular flexibility index (Phi) is 10.4. The Morgan fingerprint density at radius 3 is 2.79 bits per heavy atom. The Bertz CT molecular complexity index is 1030. The van der Waals surface area contributed by atoms with Crippen LogP contribution in [0.3, 0.4) is 0 Å². The van der Waals surface area contributed by atoms with E-state index in [4.69, 9.17) is 38.8 Å². The molecule has 0 bridgehead atoms. The van der Waals surface area contributed by atoms with Crippen LogP contribution < -0.4 is 11.4 Å². The molecule has 0 radical (unpaired) electrons. The van der Waals surface area contributed by atoms with Gasteiger partial charge in [0, 0.05) is 6.42 Å². The van der Waals surface area contributed by atoms with Crippen LogP contribution in [0, 0.1) is 17.1 Å². The van der Waals surface area contributed by atoms with Crippen LogP contribution in [0.1, 0.15) is 19.1 Å². The molecule has 0 spiro atoms. The van der Waals surface area contributed by atoms with Crippen molar-refractivity contribution in [3.63, 3.8) is 0 Å². The summed E-state index contributed by atoms with van der Waals surface area (Å²) in [5, 5.41) is 8.70. The molecule has 34 heavy (non-hydrogen) atoms. The van der Waals surface area contributed by atoms with Gasteiger partial charge in [-0.2, -0.15) is 10.2 Å². The van der Waals surface area contributed by atoms with E-state index in [0.29, 0.717) is 0 Å². The molecule has 4 atom stereocenters. The smallest absolute Gasteiger partial charge is 0.431 e. The molecule has 0 saturated carbocycles. The van der Waals surface area contributed by atoms with E-state index in [1.807, 2.05) is 6.07 Å². The molecule has 13 nitrogen and oxygen atoms in total. The average Bonchev–Trinajstić information content (AvgIpc) is 3.19. The van der Waals surface area contributed by atoms with Crippen molar-refractivity contribution in [2.75, 3.05) is 32.2 Å². The minimum atomic E-state index is -4.25. The number of phosphoric acid groups is 1. The SMILES string of the molecule is C=CCOC(=O)OC[C@H]1O[C@@H](n2cc(F)c(N)nc2=O)C[C@@H]1OP(=O)(OCC=C)OCCC#N. The standard InChI is InChI=1S/C19H24FN4O9P/c1-3-7-28-19(26)29-12-15-14(33-34(27,30-8-4-2)31-9-5-6-21)10-16(32-15)24-11-13(20)17(22)23-18(24)25/h3-4,11,14-16H,1-2,5,7-10,12H2,(H2,22,23,25)/t14-,15+,16+,34?/m0/s1. The molecule has 2 N–H and O–H groups in total. The van der Waals surface area contributed by atoms with Crippen molar-refractivity contribution in [2.45, 2.75) is 31.3 Å². The van der Waals surface area contributed by atoms with Gasteiger partial charge in [-0.1, -0.05) is 18.7 Å². The predicted octanol–water partition coefficient (Wildman–Crippen LogP) is 2.22. The quantitative estimate of drug-likeness (QED) is 0.180. The predicted molar refractivity (Wildman–Crippen MR) is 114 cm³/mol. The zero-order valence-corrected chi connectivity index (χ0v) is 18.9. The summed E-state index contributed by atoms with van der Waals surface area (Å²) in [5.41, 5.74) is 4.40. The van der Waals surface area contributed by atoms with E-state index in [-0.39, 0.29) is 32.7 Å². The van der Waals surface area contributed by atoms with Gasteiger partial charge < -0.3 is 19.9 Å². The zero-order valence-electron chi connectivity index (χ0n) is 18.0. The Labute approximate surface area is 194 Å². The highest BCUT2D eigenvalue weighted by atomic mass is 31.2. The summed E-state index contributed by atoms with van der Waals surface area (Å²) in [4.78, 5) is 27.3. The highest BCUT2D eigenvalue weighted by molar-refractivity contribution is 7.48. The van der Waals surface area contributed by atoms with Gasteiger partial charge in [0.15, 0.2) is 11.6 Å². The van der Waals surface area contributed by atoms with Gasteiger partial charge >= 0.3 is 19.7 Å². The summed E-state index contributed by atoms with van der Waals surface area (Å²) in [6, 6.07) is 1.82. The number of rotatable bonds is 13. The topological polar surface area (TPSA) is 174 Å². The number of hydrogen-bond acceptors (Lipinski definition) is 12. The van der Waals surface area contributed by atoms with Crippen LogP contribution in [-0.4, -0.2) is 54.3 Å². The van der Waals surface area contributed by atoms with Gasteiger partial charge in [0.2, 0.25) is 0 Å². The second-order valence-corrected chi connectivity index (χ2v) is 8.23. The van der Waals surface area contributed by atoms with E-state index in [9.17, 15) is 18.5 Å². The molecule has 1 unspecified atom stereocenters. The van der Waals surface area contributed by atoms with E-state index < -0.39 is 56.3 Å². The first-order valence-corrected chi connectivity index (χ1v) is 11.3. The molecule has 2 heterocycles. The molecule has 15 heteroatoms. The van der Waals surface area contributed by atoms with Gasteiger partial charge in [-0.25, -0.2) is 18.5 Å². The number of nitrogen functional groups attached to an aromatic ring is 1. The number of hydrogen-bond donors (Lipinski definition) is 1. The van der Waals surface area contributed by atoms with Gasteiger partial charge in [-0.15, -0.1) is 6.58 Å². The monoisotopic (exact) mass is 502 g/mol. The maximum Gasteiger partial charge on any atom is 0.508 e. The number of nitrogens with two attached hydrogens (primary N) is 1. The first-order valence-electron chi connectivity index (χ1n) is 9.88. The maximum absolute atomic E-state index is 13.9. The third-order valence-corrected chi connectivity index (χ3v) is 5.68. The summed E-state index contributed by atoms with van der Waals surface area (Å²) in [5.74, 6) is -1.56. The van der Waals surface area contributed by atoms with Gasteiger partial charge in [-0.3, -0.25) is 18.1 Å². The number of carbonyl (C=O) groups is 1. The highest BCUT2D eigenvalue weighted by Gasteiger charge is 2.44. The summed E-state index contributed by atoms with van der Waals surface area (Å²) in [6.45, 7) is 5.84. The van der Waals surface area contributed by atoms with Crippen molar-refractivity contribution < 1.29 is 41.5 Å². The molecular formula is C19H24FN4O9P. The van der Waals surface area contributed by atoms with Gasteiger partial charge in [0.05, 0.1) is 31.9 Å². The molecule has 1 aromatic rings. The van der Waals surface area contributed by atoms with Crippen molar-refractivity contribution in [1.29, 1.82) is 5.26 Å². The van der Waals surface area contributed by atoms with Crippen molar-refractivity contribution in [3.8, 4) is 6.07 Å². The maximum atomic E-state index is 13.9. The number of anilines is 1. The van der Waals surface area contributed by atoms with E-state index >= 15 is 0 Å². The van der Waals surface area contributed by atoms with Crippen LogP contribution in [0.4, 0.5) is 15.0 Å². The van der Waals surface area contributed by atoms with Crippen LogP contribution in [0.15, 0.2) is 36.3 Å². The van der Waals surface area contributed by atoms with Crippen LogP contribution in [-0.2, 0) is 32.3 Å². The number of aromatic nitrogens is 2. The summed E-state index contributed by atoms with van der Waals surface area (Å²) in [6.07, 6.45) is -1.25. The van der Waals surface area contributed by atoms with Gasteiger partial charge in [0.1, 0.15) is 31.6 Å². The molecule has 1 fully saturated rings. The fourth-order valence-electron chi connectivity index (χ4n) is 2.73. The normalized spacial score (nSPS) is 21.2. The second-order valence-electron chi connectivity index (χ2n) is 6.61. The van der Waals surface area contributed by atoms with E-state index in [0.717, 1.165) is 10.8 Å². The number of ether oxygens (including phenoxy) is 3. The molecule has 1 aliphatic rings. The van der Waals surface area contributed by atoms with Crippen molar-refractivity contribution in [3.05, 3.63) is 47.8 Å². The second kappa shape index (κ2) is 13.0. The van der Waals surface area contributed by atoms with Crippen LogP contribution >= 0.6 is 7.82 Å². The lowest BCUT2D eigenvalue weighted by molar-refractivity contribution is -0.0588. The third-order valence-electron chi connectivity index (χ3n) is 4.19. The Morgan fingerprint density at radius 1 is 1.38 bits per heavy atom. The zero-order chi connectivity index (χ0) is 25.1. The first kappa shape index (κ1) is 27.2. The average molecular weight is 502 g/mol. The number of nitriles is 1. The van der Waals surface area contributed by atoms with Crippen LogP contribution in [0.5, 0.6) is 0 Å². The van der Waals surface area contributed by atoms with Crippen molar-refractivity contribution in [1.82, 2.24) is 9.55 Å². The highest BCUT2D eigenvalue weighted by Crippen LogP contribution is 2.53. The summed E-state index contributed by atoms with van der Waals surface area (Å²) in [7, 11) is -4.25. The van der Waals surface area contributed by atoms with E-state index in [2.05, 4.69) is 18.1 Å². The molecular weight excluding hydrogens is 478 g/mol. The molecule has 0 aromatic carbocycles. The summed E-state index contributed by atoms with van der Waals surface area (Å²) < 4.78 is 59.0. The van der Waals surface area contributed by atoms with Crippen molar-refractivity contribution >= 4 is 19.8 Å². The fraction of sp³-hybridized carbons (Fsp3) is 0.474. The molecule has 1 aliphatic heterocycles. The molecule has 1 saturated heterocycles. The van der Waals surface area contributed by atoms with Crippen LogP contribution in [0.2, 0.25) is 0 Å². The Hall–Kier alpha value is -3.08. The van der Waals surface area contributed by atoms with Crippen LogP contribution in [0.25, 0.3) is 0 Å². The minimum Gasteiger partial charge on any atom is -0.431 e. The molecule has 1 aromatic heterocycles. The van der Waals surface area contributed by atoms with E-state index in [1.54, 1.807) is 0 Å². The van der Waals surface area contributed by atoms with E-state index in [1.165, 1.54) is 12.2 Å². The van der Waals surface area contributed by atoms with Crippen molar-refractivity contribution in [2.24, 2.45) is 0 Å². The molecule has 186 valence electrons. The van der Waals surface area contributed by atoms with Gasteiger partial charge in [-0.05, 0) is 0 Å². The fourth-order valence-corrected chi connectivity index (χ4v) is 4.08. The number of nitrogens with zero attached hydrogens (tertiary/aromatic N) is 3. The number of phosphoric ester groups is 1. The molecule has 0 amide bonds. The lowest BCUT2D eigenvalue weighted by Gasteiger charge is -2.23. The van der Waals surface area contributed by atoms with Gasteiger partial charge in [0.25, 0.3) is 0 Å². The number of halogens is 1.